The Morgan fingerprint density at radius 2 is 2.24 bits per heavy atom. The Labute approximate surface area is 108 Å². The molecule has 0 saturated carbocycles. The Morgan fingerprint density at radius 3 is 2.88 bits per heavy atom. The Balaban J connectivity index is 2.09. The number of nitrogen functional groups attached to an aromatic ring is 1. The van der Waals surface area contributed by atoms with Crippen molar-refractivity contribution in [1.82, 2.24) is 9.97 Å². The monoisotopic (exact) mass is 267 g/mol. The summed E-state index contributed by atoms with van der Waals surface area (Å²) in [4.78, 5) is 9.80. The second kappa shape index (κ2) is 5.85. The van der Waals surface area contributed by atoms with Crippen molar-refractivity contribution in [3.05, 3.63) is 28.5 Å². The highest BCUT2D eigenvalue weighted by Gasteiger charge is 2.03. The average Bonchev–Trinajstić information content (AvgIpc) is 2.89. The molecule has 0 amide bonds. The van der Waals surface area contributed by atoms with Crippen molar-refractivity contribution in [2.24, 2.45) is 5.84 Å². The molecule has 0 atom stereocenters. The maximum atomic E-state index is 5.36. The summed E-state index contributed by atoms with van der Waals surface area (Å²) in [7, 11) is 0. The molecule has 2 rings (SSSR count). The van der Waals surface area contributed by atoms with E-state index < -0.39 is 0 Å². The summed E-state index contributed by atoms with van der Waals surface area (Å²) in [6.07, 6.45) is 1.93. The van der Waals surface area contributed by atoms with Gasteiger partial charge in [0.05, 0.1) is 6.54 Å². The topological polar surface area (TPSA) is 75.9 Å². The van der Waals surface area contributed by atoms with E-state index in [-0.39, 0.29) is 0 Å². The minimum Gasteiger partial charge on any atom is -0.365 e. The average molecular weight is 267 g/mol. The van der Waals surface area contributed by atoms with Crippen molar-refractivity contribution >= 4 is 34.7 Å². The third kappa shape index (κ3) is 3.32. The lowest BCUT2D eigenvalue weighted by Gasteiger charge is -2.07. The molecule has 2 aromatic rings. The number of nitrogens with zero attached hydrogens (tertiary/aromatic N) is 2. The molecule has 0 saturated heterocycles. The van der Waals surface area contributed by atoms with Crippen LogP contribution in [-0.4, -0.2) is 16.2 Å². The molecule has 90 valence electrons. The van der Waals surface area contributed by atoms with E-state index in [9.17, 15) is 0 Å². The number of aromatic nitrogens is 2. The molecule has 2 aromatic heterocycles. The van der Waals surface area contributed by atoms with Gasteiger partial charge >= 0.3 is 0 Å². The van der Waals surface area contributed by atoms with Gasteiger partial charge in [-0.2, -0.15) is 0 Å². The van der Waals surface area contributed by atoms with Gasteiger partial charge in [0.15, 0.2) is 5.16 Å². The smallest absolute Gasteiger partial charge is 0.191 e. The predicted molar refractivity (Wildman–Crippen MR) is 73.3 cm³/mol. The number of hydrogen-bond donors (Lipinski definition) is 3. The first-order valence-electron chi connectivity index (χ1n) is 4.98. The minimum atomic E-state index is 0.609. The van der Waals surface area contributed by atoms with Crippen LogP contribution in [0.5, 0.6) is 0 Å². The van der Waals surface area contributed by atoms with Crippen molar-refractivity contribution in [1.29, 1.82) is 0 Å². The summed E-state index contributed by atoms with van der Waals surface area (Å²) >= 11 is 3.19. The van der Waals surface area contributed by atoms with E-state index in [0.717, 1.165) is 12.4 Å². The first-order valence-corrected chi connectivity index (χ1v) is 7.08. The Kier molecular flexibility index (Phi) is 4.18. The Morgan fingerprint density at radius 1 is 1.41 bits per heavy atom. The number of hydrogen-bond acceptors (Lipinski definition) is 7. The molecule has 7 heteroatoms. The summed E-state index contributed by atoms with van der Waals surface area (Å²) in [6.45, 7) is 0.756. The van der Waals surface area contributed by atoms with E-state index in [1.165, 1.54) is 16.6 Å². The highest BCUT2D eigenvalue weighted by Crippen LogP contribution is 2.18. The number of nitrogens with two attached hydrogens (primary N) is 1. The molecule has 0 radical (unpaired) electrons. The zero-order chi connectivity index (χ0) is 12.1. The summed E-state index contributed by atoms with van der Waals surface area (Å²) < 4.78 is 0. The van der Waals surface area contributed by atoms with Gasteiger partial charge in [0.1, 0.15) is 11.6 Å². The maximum Gasteiger partial charge on any atom is 0.191 e. The largest absolute Gasteiger partial charge is 0.365 e. The van der Waals surface area contributed by atoms with Gasteiger partial charge in [-0.05, 0) is 17.7 Å². The van der Waals surface area contributed by atoms with Crippen molar-refractivity contribution in [3.8, 4) is 0 Å². The van der Waals surface area contributed by atoms with Crippen LogP contribution in [0, 0.1) is 0 Å². The van der Waals surface area contributed by atoms with Gasteiger partial charge in [-0.3, -0.25) is 0 Å². The molecule has 0 unspecified atom stereocenters. The summed E-state index contributed by atoms with van der Waals surface area (Å²) in [6, 6.07) is 5.89. The van der Waals surface area contributed by atoms with Crippen molar-refractivity contribution in [3.63, 3.8) is 0 Å². The standard InChI is InChI=1S/C10H13N5S2/c1-16-10-13-8(5-9(14-10)15-11)12-6-7-3-2-4-17-7/h2-5H,6,11H2,1H3,(H2,12,13,14,15). The fourth-order valence-corrected chi connectivity index (χ4v) is 2.30. The molecule has 4 N–H and O–H groups in total. The highest BCUT2D eigenvalue weighted by molar-refractivity contribution is 7.98. The number of hydrazine groups is 1. The molecule has 5 nitrogen and oxygen atoms in total. The molecule has 0 aliphatic heterocycles. The molecule has 0 bridgehead atoms. The molecule has 17 heavy (non-hydrogen) atoms. The van der Waals surface area contributed by atoms with E-state index in [2.05, 4.69) is 32.2 Å². The molecular weight excluding hydrogens is 254 g/mol. The molecule has 0 aliphatic carbocycles. The number of rotatable bonds is 5. The van der Waals surface area contributed by atoms with Crippen molar-refractivity contribution in [2.75, 3.05) is 17.0 Å². The summed E-state index contributed by atoms with van der Waals surface area (Å²) in [5.74, 6) is 6.74. The van der Waals surface area contributed by atoms with Crippen LogP contribution in [0.4, 0.5) is 11.6 Å². The Hall–Kier alpha value is -1.31. The van der Waals surface area contributed by atoms with E-state index in [1.807, 2.05) is 12.3 Å². The quantitative estimate of drug-likeness (QED) is 0.333. The predicted octanol–water partition coefficient (Wildman–Crippen LogP) is 2.16. The molecule has 0 fully saturated rings. The fraction of sp³-hybridized carbons (Fsp3) is 0.200. The highest BCUT2D eigenvalue weighted by atomic mass is 32.2. The van der Waals surface area contributed by atoms with Crippen LogP contribution in [0.15, 0.2) is 28.7 Å². The SMILES string of the molecule is CSc1nc(NN)cc(NCc2cccs2)n1. The van der Waals surface area contributed by atoms with Gasteiger partial charge in [-0.15, -0.1) is 11.3 Å². The van der Waals surface area contributed by atoms with Crippen LogP contribution >= 0.6 is 23.1 Å². The minimum absolute atomic E-state index is 0.609. The maximum absolute atomic E-state index is 5.36. The van der Waals surface area contributed by atoms with Crippen LogP contribution in [0.25, 0.3) is 0 Å². The zero-order valence-corrected chi connectivity index (χ0v) is 10.9. The fourth-order valence-electron chi connectivity index (χ4n) is 1.27. The number of thiophene rings is 1. The normalized spacial score (nSPS) is 10.2. The number of thioether (sulfide) groups is 1. The van der Waals surface area contributed by atoms with Crippen molar-refractivity contribution < 1.29 is 0 Å². The molecule has 0 spiro atoms. The zero-order valence-electron chi connectivity index (χ0n) is 9.30. The van der Waals surface area contributed by atoms with Crippen LogP contribution in [-0.2, 0) is 6.54 Å². The lowest BCUT2D eigenvalue weighted by molar-refractivity contribution is 0.955. The van der Waals surface area contributed by atoms with Gasteiger partial charge in [0.25, 0.3) is 0 Å². The first kappa shape index (κ1) is 12.2. The van der Waals surface area contributed by atoms with Crippen LogP contribution < -0.4 is 16.6 Å². The molecule has 0 aliphatic rings. The molecular formula is C10H13N5S2. The van der Waals surface area contributed by atoms with Gasteiger partial charge in [-0.1, -0.05) is 17.8 Å². The van der Waals surface area contributed by atoms with E-state index in [4.69, 9.17) is 5.84 Å². The first-order chi connectivity index (χ1) is 8.31. The van der Waals surface area contributed by atoms with E-state index in [1.54, 1.807) is 17.4 Å². The summed E-state index contributed by atoms with van der Waals surface area (Å²) in [5, 5.41) is 5.99. The molecule has 2 heterocycles. The lowest BCUT2D eigenvalue weighted by Crippen LogP contribution is -2.10. The summed E-state index contributed by atoms with van der Waals surface area (Å²) in [5.41, 5.74) is 2.53. The third-order valence-electron chi connectivity index (χ3n) is 2.06. The van der Waals surface area contributed by atoms with Crippen LogP contribution in [0.3, 0.4) is 0 Å². The van der Waals surface area contributed by atoms with Crippen LogP contribution in [0.1, 0.15) is 4.88 Å². The van der Waals surface area contributed by atoms with Gasteiger partial charge in [-0.25, -0.2) is 15.8 Å². The van der Waals surface area contributed by atoms with Gasteiger partial charge in [0.2, 0.25) is 0 Å². The third-order valence-corrected chi connectivity index (χ3v) is 3.48. The van der Waals surface area contributed by atoms with Gasteiger partial charge in [0, 0.05) is 10.9 Å². The van der Waals surface area contributed by atoms with Gasteiger partial charge < -0.3 is 10.7 Å². The molecule has 0 aromatic carbocycles. The second-order valence-corrected chi connectivity index (χ2v) is 5.01. The number of anilines is 2. The number of nitrogens with one attached hydrogen (secondary N) is 2. The van der Waals surface area contributed by atoms with E-state index >= 15 is 0 Å². The Bertz CT molecular complexity index is 449. The second-order valence-electron chi connectivity index (χ2n) is 3.20. The van der Waals surface area contributed by atoms with E-state index in [0.29, 0.717) is 11.0 Å². The van der Waals surface area contributed by atoms with Crippen molar-refractivity contribution in [2.45, 2.75) is 11.7 Å². The van der Waals surface area contributed by atoms with Crippen LogP contribution in [0.2, 0.25) is 0 Å². The lowest BCUT2D eigenvalue weighted by atomic mass is 10.4.